The van der Waals surface area contributed by atoms with Crippen LogP contribution >= 0.6 is 24.8 Å². The molecule has 1 aromatic heterocycles. The fourth-order valence-corrected chi connectivity index (χ4v) is 0.871. The molecule has 0 saturated carbocycles. The molecule has 0 spiro atoms. The number of hydrogen-bond acceptors (Lipinski definition) is 3. The number of aromatic nitrogens is 1. The van der Waals surface area contributed by atoms with Gasteiger partial charge in [-0.05, 0) is 11.6 Å². The summed E-state index contributed by atoms with van der Waals surface area (Å²) in [6, 6.07) is 3.75. The molecule has 0 aliphatic heterocycles. The third-order valence-corrected chi connectivity index (χ3v) is 1.46. The van der Waals surface area contributed by atoms with Gasteiger partial charge in [-0.25, -0.2) is 0 Å². The quantitative estimate of drug-likeness (QED) is 0.849. The van der Waals surface area contributed by atoms with Crippen molar-refractivity contribution in [2.75, 3.05) is 13.7 Å². The lowest BCUT2D eigenvalue weighted by atomic mass is 10.1. The highest BCUT2D eigenvalue weighted by Crippen LogP contribution is 2.06. The van der Waals surface area contributed by atoms with Gasteiger partial charge in [-0.2, -0.15) is 0 Å². The fourth-order valence-electron chi connectivity index (χ4n) is 0.871. The summed E-state index contributed by atoms with van der Waals surface area (Å²) in [5, 5.41) is 0. The van der Waals surface area contributed by atoms with Crippen molar-refractivity contribution in [3.63, 3.8) is 0 Å². The Morgan fingerprint density at radius 3 is 2.69 bits per heavy atom. The van der Waals surface area contributed by atoms with Crippen LogP contribution in [0.2, 0.25) is 0 Å². The molecule has 1 rings (SSSR count). The van der Waals surface area contributed by atoms with Crippen LogP contribution in [0.3, 0.4) is 0 Å². The van der Waals surface area contributed by atoms with E-state index in [1.54, 1.807) is 19.5 Å². The molecule has 2 N–H and O–H groups in total. The summed E-state index contributed by atoms with van der Waals surface area (Å²) in [5.41, 5.74) is 6.75. The second-order valence-electron chi connectivity index (χ2n) is 2.35. The number of rotatable bonds is 3. The number of nitrogens with two attached hydrogens (primary N) is 1. The minimum Gasteiger partial charge on any atom is -0.383 e. The van der Waals surface area contributed by atoms with Crippen LogP contribution < -0.4 is 5.73 Å². The normalized spacial score (nSPS) is 10.9. The first-order valence-corrected chi connectivity index (χ1v) is 3.49. The number of hydrogen-bond donors (Lipinski definition) is 1. The van der Waals surface area contributed by atoms with E-state index in [1.165, 1.54) is 0 Å². The van der Waals surface area contributed by atoms with E-state index in [-0.39, 0.29) is 30.9 Å². The van der Waals surface area contributed by atoms with Crippen LogP contribution in [-0.2, 0) is 4.74 Å². The summed E-state index contributed by atoms with van der Waals surface area (Å²) in [6.07, 6.45) is 3.48. The molecule has 0 aliphatic rings. The average molecular weight is 225 g/mol. The Morgan fingerprint density at radius 1 is 1.54 bits per heavy atom. The molecule has 0 bridgehead atoms. The highest BCUT2D eigenvalue weighted by atomic mass is 35.5. The molecule has 0 saturated heterocycles. The van der Waals surface area contributed by atoms with Crippen LogP contribution in [0.1, 0.15) is 11.6 Å². The van der Waals surface area contributed by atoms with Gasteiger partial charge in [0.15, 0.2) is 0 Å². The molecular weight excluding hydrogens is 211 g/mol. The maximum atomic E-state index is 5.74. The molecule has 76 valence electrons. The third kappa shape index (κ3) is 5.05. The van der Waals surface area contributed by atoms with Gasteiger partial charge in [0, 0.05) is 19.5 Å². The molecule has 3 nitrogen and oxygen atoms in total. The number of pyridine rings is 1. The first-order valence-electron chi connectivity index (χ1n) is 3.49. The van der Waals surface area contributed by atoms with Gasteiger partial charge in [-0.15, -0.1) is 24.8 Å². The first kappa shape index (κ1) is 15.1. The van der Waals surface area contributed by atoms with Gasteiger partial charge in [0.25, 0.3) is 0 Å². The third-order valence-electron chi connectivity index (χ3n) is 1.46. The lowest BCUT2D eigenvalue weighted by molar-refractivity contribution is 0.181. The van der Waals surface area contributed by atoms with Gasteiger partial charge in [-0.1, -0.05) is 6.07 Å². The van der Waals surface area contributed by atoms with Crippen molar-refractivity contribution in [1.82, 2.24) is 4.98 Å². The highest BCUT2D eigenvalue weighted by Gasteiger charge is 2.03. The summed E-state index contributed by atoms with van der Waals surface area (Å²) in [7, 11) is 1.64. The monoisotopic (exact) mass is 224 g/mol. The van der Waals surface area contributed by atoms with E-state index >= 15 is 0 Å². The zero-order valence-corrected chi connectivity index (χ0v) is 8.98. The van der Waals surface area contributed by atoms with Crippen molar-refractivity contribution in [2.45, 2.75) is 6.04 Å². The van der Waals surface area contributed by atoms with Crippen molar-refractivity contribution in [1.29, 1.82) is 0 Å². The average Bonchev–Trinajstić information content (AvgIpc) is 2.07. The van der Waals surface area contributed by atoms with Gasteiger partial charge in [0.1, 0.15) is 0 Å². The molecule has 0 aromatic carbocycles. The topological polar surface area (TPSA) is 48.1 Å². The second-order valence-corrected chi connectivity index (χ2v) is 2.35. The second kappa shape index (κ2) is 8.26. The summed E-state index contributed by atoms with van der Waals surface area (Å²) >= 11 is 0. The Balaban J connectivity index is 0. The maximum absolute atomic E-state index is 5.74. The van der Waals surface area contributed by atoms with E-state index in [0.717, 1.165) is 5.56 Å². The summed E-state index contributed by atoms with van der Waals surface area (Å²) < 4.78 is 4.91. The van der Waals surface area contributed by atoms with Crippen molar-refractivity contribution >= 4 is 24.8 Å². The van der Waals surface area contributed by atoms with Gasteiger partial charge < -0.3 is 10.5 Å². The van der Waals surface area contributed by atoms with E-state index in [4.69, 9.17) is 10.5 Å². The smallest absolute Gasteiger partial charge is 0.0656 e. The molecule has 5 heteroatoms. The Kier molecular flexibility index (Phi) is 9.61. The van der Waals surface area contributed by atoms with E-state index in [9.17, 15) is 0 Å². The maximum Gasteiger partial charge on any atom is 0.0656 e. The molecular formula is C8H14Cl2N2O. The number of halogens is 2. The van der Waals surface area contributed by atoms with Crippen LogP contribution in [0.15, 0.2) is 24.5 Å². The van der Waals surface area contributed by atoms with Crippen molar-refractivity contribution in [3.8, 4) is 0 Å². The minimum atomic E-state index is -0.0614. The molecule has 1 heterocycles. The van der Waals surface area contributed by atoms with Crippen molar-refractivity contribution < 1.29 is 4.74 Å². The zero-order valence-electron chi connectivity index (χ0n) is 7.34. The molecule has 13 heavy (non-hydrogen) atoms. The van der Waals surface area contributed by atoms with Gasteiger partial charge in [-0.3, -0.25) is 4.98 Å². The highest BCUT2D eigenvalue weighted by molar-refractivity contribution is 5.85. The molecule has 0 fully saturated rings. The predicted octanol–water partition coefficient (Wildman–Crippen LogP) is 1.57. The number of ether oxygens (including phenoxy) is 1. The van der Waals surface area contributed by atoms with Crippen LogP contribution in [0, 0.1) is 0 Å². The zero-order chi connectivity index (χ0) is 8.10. The Labute approximate surface area is 90.5 Å². The number of methoxy groups -OCH3 is 1. The Bertz CT molecular complexity index is 209. The molecule has 0 aliphatic carbocycles. The Hall–Kier alpha value is -0.350. The van der Waals surface area contributed by atoms with E-state index in [0.29, 0.717) is 6.61 Å². The van der Waals surface area contributed by atoms with Crippen LogP contribution in [-0.4, -0.2) is 18.7 Å². The molecule has 0 amide bonds. The fraction of sp³-hybridized carbons (Fsp3) is 0.375. The summed E-state index contributed by atoms with van der Waals surface area (Å²) in [6.45, 7) is 0.533. The van der Waals surface area contributed by atoms with Gasteiger partial charge in [0.2, 0.25) is 0 Å². The van der Waals surface area contributed by atoms with E-state index in [2.05, 4.69) is 4.98 Å². The van der Waals surface area contributed by atoms with Gasteiger partial charge in [0.05, 0.1) is 12.6 Å². The molecule has 1 aromatic rings. The SMILES string of the molecule is COCC(N)c1cccnc1.Cl.Cl. The van der Waals surface area contributed by atoms with E-state index < -0.39 is 0 Å². The standard InChI is InChI=1S/C8H12N2O.2ClH/c1-11-6-8(9)7-3-2-4-10-5-7;;/h2-5,8H,6,9H2,1H3;2*1H. The van der Waals surface area contributed by atoms with Crippen molar-refractivity contribution in [2.24, 2.45) is 5.73 Å². The largest absolute Gasteiger partial charge is 0.383 e. The Morgan fingerprint density at radius 2 is 2.23 bits per heavy atom. The predicted molar refractivity (Wildman–Crippen MR) is 57.5 cm³/mol. The van der Waals surface area contributed by atoms with Gasteiger partial charge >= 0.3 is 0 Å². The lowest BCUT2D eigenvalue weighted by Gasteiger charge is -2.08. The summed E-state index contributed by atoms with van der Waals surface area (Å²) in [4.78, 5) is 3.95. The van der Waals surface area contributed by atoms with Crippen LogP contribution in [0.4, 0.5) is 0 Å². The van der Waals surface area contributed by atoms with Crippen LogP contribution in [0.5, 0.6) is 0 Å². The van der Waals surface area contributed by atoms with Crippen molar-refractivity contribution in [3.05, 3.63) is 30.1 Å². The minimum absolute atomic E-state index is 0. The van der Waals surface area contributed by atoms with E-state index in [1.807, 2.05) is 12.1 Å². The molecule has 0 radical (unpaired) electrons. The number of nitrogens with zero attached hydrogens (tertiary/aromatic N) is 1. The summed E-state index contributed by atoms with van der Waals surface area (Å²) in [5.74, 6) is 0. The molecule has 1 atom stereocenters. The lowest BCUT2D eigenvalue weighted by Crippen LogP contribution is -2.15. The first-order chi connectivity index (χ1) is 5.34. The molecule has 1 unspecified atom stereocenters. The van der Waals surface area contributed by atoms with Crippen LogP contribution in [0.25, 0.3) is 0 Å².